The normalized spacial score (nSPS) is 15.2. The average Bonchev–Trinajstić information content (AvgIpc) is 2.98. The summed E-state index contributed by atoms with van der Waals surface area (Å²) >= 11 is 1.38. The van der Waals surface area contributed by atoms with Gasteiger partial charge in [0.1, 0.15) is 11.6 Å². The van der Waals surface area contributed by atoms with Gasteiger partial charge in [-0.15, -0.1) is 0 Å². The molecular weight excluding hydrogens is 303 g/mol. The molecule has 1 saturated heterocycles. The second kappa shape index (κ2) is 6.39. The molecule has 7 heteroatoms. The molecule has 116 valence electrons. The summed E-state index contributed by atoms with van der Waals surface area (Å²) in [4.78, 5) is 19.9. The Morgan fingerprint density at radius 3 is 2.55 bits per heavy atom. The van der Waals surface area contributed by atoms with Crippen LogP contribution in [0.5, 0.6) is 0 Å². The Morgan fingerprint density at radius 2 is 1.91 bits per heavy atom. The number of aromatic nitrogens is 2. The number of rotatable bonds is 3. The van der Waals surface area contributed by atoms with Crippen molar-refractivity contribution >= 4 is 22.6 Å². The zero-order chi connectivity index (χ0) is 15.5. The first kappa shape index (κ1) is 14.9. The molecule has 1 aliphatic rings. The molecule has 2 aromatic rings. The molecule has 5 nitrogen and oxygen atoms in total. The maximum absolute atomic E-state index is 12.9. The fraction of sp³-hybridized carbons (Fsp3) is 0.400. The van der Waals surface area contributed by atoms with Gasteiger partial charge in [0, 0.05) is 51.1 Å². The summed E-state index contributed by atoms with van der Waals surface area (Å²) < 4.78 is 17.3. The van der Waals surface area contributed by atoms with Crippen molar-refractivity contribution in [3.63, 3.8) is 0 Å². The highest BCUT2D eigenvalue weighted by atomic mass is 32.1. The molecule has 0 N–H and O–H groups in total. The van der Waals surface area contributed by atoms with Gasteiger partial charge in [0.15, 0.2) is 0 Å². The van der Waals surface area contributed by atoms with Gasteiger partial charge in [0.25, 0.3) is 0 Å². The lowest BCUT2D eigenvalue weighted by Gasteiger charge is -2.33. The first-order valence-corrected chi connectivity index (χ1v) is 7.96. The monoisotopic (exact) mass is 320 g/mol. The molecule has 0 atom stereocenters. The van der Waals surface area contributed by atoms with E-state index in [-0.39, 0.29) is 11.7 Å². The van der Waals surface area contributed by atoms with Crippen molar-refractivity contribution in [3.8, 4) is 0 Å². The van der Waals surface area contributed by atoms with Crippen LogP contribution in [0.4, 0.5) is 9.52 Å². The third-order valence-corrected chi connectivity index (χ3v) is 4.54. The lowest BCUT2D eigenvalue weighted by molar-refractivity contribution is -0.129. The number of piperazine rings is 1. The Morgan fingerprint density at radius 1 is 1.23 bits per heavy atom. The minimum absolute atomic E-state index is 0.119. The van der Waals surface area contributed by atoms with E-state index in [9.17, 15) is 9.18 Å². The Labute approximate surface area is 132 Å². The SMILES string of the molecule is CC(=O)N1CCN(c2nc(Cc3ccc(F)cc3)ns2)CC1. The van der Waals surface area contributed by atoms with E-state index in [1.165, 1.54) is 23.7 Å². The topological polar surface area (TPSA) is 49.3 Å². The van der Waals surface area contributed by atoms with Crippen LogP contribution < -0.4 is 4.90 Å². The van der Waals surface area contributed by atoms with Crippen molar-refractivity contribution in [2.75, 3.05) is 31.1 Å². The fourth-order valence-electron chi connectivity index (χ4n) is 2.44. The number of hydrogen-bond acceptors (Lipinski definition) is 5. The van der Waals surface area contributed by atoms with Gasteiger partial charge in [0.05, 0.1) is 0 Å². The van der Waals surface area contributed by atoms with Gasteiger partial charge in [-0.1, -0.05) is 12.1 Å². The standard InChI is InChI=1S/C15H17FN4OS/c1-11(21)19-6-8-20(9-7-19)15-17-14(18-22-15)10-12-2-4-13(16)5-3-12/h2-5H,6-10H2,1H3. The predicted octanol–water partition coefficient (Wildman–Crippen LogP) is 1.94. The molecule has 1 amide bonds. The molecule has 3 rings (SSSR count). The highest BCUT2D eigenvalue weighted by molar-refractivity contribution is 7.09. The molecule has 0 bridgehead atoms. The lowest BCUT2D eigenvalue weighted by Crippen LogP contribution is -2.48. The van der Waals surface area contributed by atoms with Crippen molar-refractivity contribution in [3.05, 3.63) is 41.5 Å². The van der Waals surface area contributed by atoms with E-state index >= 15 is 0 Å². The smallest absolute Gasteiger partial charge is 0.219 e. The van der Waals surface area contributed by atoms with Crippen LogP contribution in [0.25, 0.3) is 0 Å². The van der Waals surface area contributed by atoms with Crippen molar-refractivity contribution in [2.45, 2.75) is 13.3 Å². The zero-order valence-corrected chi connectivity index (χ0v) is 13.1. The van der Waals surface area contributed by atoms with Crippen LogP contribution in [0.1, 0.15) is 18.3 Å². The summed E-state index contributed by atoms with van der Waals surface area (Å²) in [5.41, 5.74) is 0.993. The molecule has 0 saturated carbocycles. The molecule has 22 heavy (non-hydrogen) atoms. The predicted molar refractivity (Wildman–Crippen MR) is 83.6 cm³/mol. The average molecular weight is 320 g/mol. The van der Waals surface area contributed by atoms with Crippen molar-refractivity contribution in [2.24, 2.45) is 0 Å². The molecule has 0 aliphatic carbocycles. The highest BCUT2D eigenvalue weighted by Gasteiger charge is 2.21. The first-order chi connectivity index (χ1) is 10.6. The summed E-state index contributed by atoms with van der Waals surface area (Å²) in [5.74, 6) is 0.633. The number of hydrogen-bond donors (Lipinski definition) is 0. The van der Waals surface area contributed by atoms with Crippen molar-refractivity contribution < 1.29 is 9.18 Å². The van der Waals surface area contributed by atoms with Gasteiger partial charge < -0.3 is 9.80 Å². The van der Waals surface area contributed by atoms with Crippen LogP contribution in [0.3, 0.4) is 0 Å². The largest absolute Gasteiger partial charge is 0.343 e. The highest BCUT2D eigenvalue weighted by Crippen LogP contribution is 2.20. The van der Waals surface area contributed by atoms with Crippen LogP contribution in [0.15, 0.2) is 24.3 Å². The summed E-state index contributed by atoms with van der Waals surface area (Å²) in [6, 6.07) is 6.40. The maximum atomic E-state index is 12.9. The molecule has 0 spiro atoms. The molecule has 1 fully saturated rings. The second-order valence-corrected chi connectivity index (χ2v) is 6.02. The number of nitrogens with zero attached hydrogens (tertiary/aromatic N) is 4. The summed E-state index contributed by atoms with van der Waals surface area (Å²) in [5, 5.41) is 0.889. The Kier molecular flexibility index (Phi) is 4.33. The molecule has 0 unspecified atom stereocenters. The van der Waals surface area contributed by atoms with Gasteiger partial charge >= 0.3 is 0 Å². The molecule has 1 aliphatic heterocycles. The number of anilines is 1. The van der Waals surface area contributed by atoms with Gasteiger partial charge in [-0.25, -0.2) is 9.37 Å². The lowest BCUT2D eigenvalue weighted by atomic mass is 10.1. The molecular formula is C15H17FN4OS. The van der Waals surface area contributed by atoms with Crippen LogP contribution in [-0.4, -0.2) is 46.3 Å². The van der Waals surface area contributed by atoms with Gasteiger partial charge in [-0.05, 0) is 17.7 Å². The Balaban J connectivity index is 1.62. The van der Waals surface area contributed by atoms with E-state index in [0.717, 1.165) is 42.7 Å². The van der Waals surface area contributed by atoms with E-state index in [0.29, 0.717) is 6.42 Å². The minimum atomic E-state index is -0.237. The molecule has 1 aromatic carbocycles. The Bertz CT molecular complexity index is 650. The number of halogens is 1. The van der Waals surface area contributed by atoms with E-state index < -0.39 is 0 Å². The summed E-state index contributed by atoms with van der Waals surface area (Å²) in [6.07, 6.45) is 0.601. The van der Waals surface area contributed by atoms with Crippen LogP contribution >= 0.6 is 11.5 Å². The van der Waals surface area contributed by atoms with Crippen LogP contribution in [-0.2, 0) is 11.2 Å². The minimum Gasteiger partial charge on any atom is -0.343 e. The van der Waals surface area contributed by atoms with Crippen LogP contribution in [0, 0.1) is 5.82 Å². The molecule has 2 heterocycles. The van der Waals surface area contributed by atoms with Gasteiger partial charge in [-0.3, -0.25) is 4.79 Å². The maximum Gasteiger partial charge on any atom is 0.219 e. The number of benzene rings is 1. The van der Waals surface area contributed by atoms with Gasteiger partial charge in [-0.2, -0.15) is 4.37 Å². The molecule has 1 aromatic heterocycles. The number of amides is 1. The van der Waals surface area contributed by atoms with Crippen molar-refractivity contribution in [1.29, 1.82) is 0 Å². The van der Waals surface area contributed by atoms with E-state index in [4.69, 9.17) is 0 Å². The van der Waals surface area contributed by atoms with Crippen molar-refractivity contribution in [1.82, 2.24) is 14.3 Å². The quantitative estimate of drug-likeness (QED) is 0.867. The van der Waals surface area contributed by atoms with E-state index in [1.54, 1.807) is 19.1 Å². The number of carbonyl (C=O) groups is 1. The molecule has 0 radical (unpaired) electrons. The third-order valence-electron chi connectivity index (χ3n) is 3.73. The summed E-state index contributed by atoms with van der Waals surface area (Å²) in [6.45, 7) is 4.61. The number of carbonyl (C=O) groups excluding carboxylic acids is 1. The van der Waals surface area contributed by atoms with Crippen LogP contribution in [0.2, 0.25) is 0 Å². The van der Waals surface area contributed by atoms with Gasteiger partial charge in [0.2, 0.25) is 11.0 Å². The fourth-order valence-corrected chi connectivity index (χ4v) is 3.18. The second-order valence-electron chi connectivity index (χ2n) is 5.29. The summed E-state index contributed by atoms with van der Waals surface area (Å²) in [7, 11) is 0. The Hall–Kier alpha value is -2.02. The zero-order valence-electron chi connectivity index (χ0n) is 12.3. The van der Waals surface area contributed by atoms with E-state index in [2.05, 4.69) is 14.3 Å². The third kappa shape index (κ3) is 3.41. The van der Waals surface area contributed by atoms with E-state index in [1.807, 2.05) is 4.90 Å². The first-order valence-electron chi connectivity index (χ1n) is 7.19.